The maximum Gasteiger partial charge on any atom is 0.233 e. The molecule has 3 heterocycles. The maximum absolute atomic E-state index is 12.3. The highest BCUT2D eigenvalue weighted by molar-refractivity contribution is 8.00. The van der Waals surface area contributed by atoms with Crippen molar-refractivity contribution in [2.24, 2.45) is 7.05 Å². The minimum absolute atomic E-state index is 0.00612. The lowest BCUT2D eigenvalue weighted by molar-refractivity contribution is -0.128. The minimum Gasteiger partial charge on any atom is -0.379 e. The largest absolute Gasteiger partial charge is 0.379 e. The van der Waals surface area contributed by atoms with E-state index < -0.39 is 0 Å². The third-order valence-corrected chi connectivity index (χ3v) is 6.06. The number of aromatic nitrogens is 2. The molecule has 2 aliphatic rings. The molecule has 2 aliphatic heterocycles. The van der Waals surface area contributed by atoms with Crippen LogP contribution >= 0.6 is 23.4 Å². The topological polar surface area (TPSA) is 50.6 Å². The van der Waals surface area contributed by atoms with Gasteiger partial charge in [-0.25, -0.2) is 0 Å². The molecule has 6 nitrogen and oxygen atoms in total. The number of morpholine rings is 1. The number of aryl methyl sites for hydroxylation is 2. The number of ether oxygens (including phenoxy) is 1. The number of hydrogen-bond acceptors (Lipinski definition) is 5. The third-order valence-electron chi connectivity index (χ3n) is 4.39. The quantitative estimate of drug-likeness (QED) is 0.801. The van der Waals surface area contributed by atoms with Crippen molar-refractivity contribution in [1.29, 1.82) is 0 Å². The molecule has 0 spiro atoms. The van der Waals surface area contributed by atoms with Gasteiger partial charge in [0.2, 0.25) is 5.91 Å². The molecule has 0 bridgehead atoms. The zero-order valence-electron chi connectivity index (χ0n) is 13.6. The van der Waals surface area contributed by atoms with E-state index in [0.29, 0.717) is 10.9 Å². The SMILES string of the molecule is Cc1nn(C)c(Cl)c1C1SCC(=O)N1CCCN1CCOCC1. The Morgan fingerprint density at radius 3 is 2.74 bits per heavy atom. The molecule has 23 heavy (non-hydrogen) atoms. The zero-order chi connectivity index (χ0) is 16.4. The molecule has 3 rings (SSSR count). The summed E-state index contributed by atoms with van der Waals surface area (Å²) in [5.41, 5.74) is 1.89. The Morgan fingerprint density at radius 2 is 2.09 bits per heavy atom. The van der Waals surface area contributed by atoms with Crippen LogP contribution in [0.5, 0.6) is 0 Å². The fraction of sp³-hybridized carbons (Fsp3) is 0.733. The van der Waals surface area contributed by atoms with E-state index in [1.54, 1.807) is 16.4 Å². The number of hydrogen-bond donors (Lipinski definition) is 0. The standard InChI is InChI=1S/C15H23ClN4O2S/c1-11-13(14(16)18(2)17-11)15-20(12(21)10-23-15)5-3-4-19-6-8-22-9-7-19/h15H,3-10H2,1-2H3. The van der Waals surface area contributed by atoms with Crippen LogP contribution in [0.1, 0.15) is 23.1 Å². The Kier molecular flexibility index (Phi) is 5.51. The average Bonchev–Trinajstić information content (AvgIpc) is 3.01. The van der Waals surface area contributed by atoms with Gasteiger partial charge in [-0.15, -0.1) is 11.8 Å². The molecule has 0 N–H and O–H groups in total. The summed E-state index contributed by atoms with van der Waals surface area (Å²) >= 11 is 8.03. The molecule has 2 saturated heterocycles. The zero-order valence-corrected chi connectivity index (χ0v) is 15.2. The normalized spacial score (nSPS) is 23.0. The van der Waals surface area contributed by atoms with E-state index in [-0.39, 0.29) is 11.3 Å². The summed E-state index contributed by atoms with van der Waals surface area (Å²) in [5.74, 6) is 0.716. The molecule has 0 aliphatic carbocycles. The van der Waals surface area contributed by atoms with Crippen LogP contribution in [-0.2, 0) is 16.6 Å². The van der Waals surface area contributed by atoms with Crippen LogP contribution in [0, 0.1) is 6.92 Å². The van der Waals surface area contributed by atoms with Gasteiger partial charge in [0, 0.05) is 38.8 Å². The number of nitrogens with zero attached hydrogens (tertiary/aromatic N) is 4. The van der Waals surface area contributed by atoms with E-state index in [0.717, 1.165) is 57.1 Å². The fourth-order valence-corrected chi connectivity index (χ4v) is 4.81. The third kappa shape index (κ3) is 3.68. The monoisotopic (exact) mass is 358 g/mol. The number of carbonyl (C=O) groups is 1. The first-order chi connectivity index (χ1) is 11.1. The molecule has 1 amide bonds. The van der Waals surface area contributed by atoms with Gasteiger partial charge in [0.1, 0.15) is 10.5 Å². The van der Waals surface area contributed by atoms with Crippen molar-refractivity contribution in [3.05, 3.63) is 16.4 Å². The van der Waals surface area contributed by atoms with Crippen LogP contribution in [0.25, 0.3) is 0 Å². The second-order valence-corrected chi connectivity index (χ2v) is 7.40. The summed E-state index contributed by atoms with van der Waals surface area (Å²) < 4.78 is 7.05. The highest BCUT2D eigenvalue weighted by atomic mass is 35.5. The first-order valence-electron chi connectivity index (χ1n) is 7.98. The van der Waals surface area contributed by atoms with Crippen LogP contribution < -0.4 is 0 Å². The summed E-state index contributed by atoms with van der Waals surface area (Å²) in [6.07, 6.45) is 0.972. The van der Waals surface area contributed by atoms with E-state index in [4.69, 9.17) is 16.3 Å². The predicted octanol–water partition coefficient (Wildman–Crippen LogP) is 1.68. The predicted molar refractivity (Wildman–Crippen MR) is 91.7 cm³/mol. The van der Waals surface area contributed by atoms with Gasteiger partial charge in [0.05, 0.1) is 24.7 Å². The number of rotatable bonds is 5. The van der Waals surface area contributed by atoms with Gasteiger partial charge in [0.25, 0.3) is 0 Å². The summed E-state index contributed by atoms with van der Waals surface area (Å²) in [6.45, 7) is 7.32. The summed E-state index contributed by atoms with van der Waals surface area (Å²) in [6, 6.07) is 0. The van der Waals surface area contributed by atoms with Crippen LogP contribution in [0.3, 0.4) is 0 Å². The molecule has 8 heteroatoms. The van der Waals surface area contributed by atoms with Gasteiger partial charge in [-0.1, -0.05) is 11.6 Å². The lowest BCUT2D eigenvalue weighted by atomic mass is 10.2. The van der Waals surface area contributed by atoms with Crippen LogP contribution in [0.4, 0.5) is 0 Å². The Balaban J connectivity index is 1.63. The molecule has 1 unspecified atom stereocenters. The molecular formula is C15H23ClN4O2S. The van der Waals surface area contributed by atoms with Crippen molar-refractivity contribution in [2.45, 2.75) is 18.7 Å². The van der Waals surface area contributed by atoms with Crippen molar-refractivity contribution >= 4 is 29.3 Å². The smallest absolute Gasteiger partial charge is 0.233 e. The summed E-state index contributed by atoms with van der Waals surface area (Å²) in [4.78, 5) is 16.6. The molecular weight excluding hydrogens is 336 g/mol. The summed E-state index contributed by atoms with van der Waals surface area (Å²) in [7, 11) is 1.84. The first-order valence-corrected chi connectivity index (χ1v) is 9.40. The average molecular weight is 359 g/mol. The highest BCUT2D eigenvalue weighted by Gasteiger charge is 2.36. The second-order valence-electron chi connectivity index (χ2n) is 5.97. The van der Waals surface area contributed by atoms with E-state index in [1.165, 1.54) is 0 Å². The molecule has 0 radical (unpaired) electrons. The molecule has 1 atom stereocenters. The molecule has 128 valence electrons. The van der Waals surface area contributed by atoms with E-state index in [2.05, 4.69) is 10.00 Å². The van der Waals surface area contributed by atoms with Crippen LogP contribution in [-0.4, -0.2) is 70.6 Å². The lowest BCUT2D eigenvalue weighted by Crippen LogP contribution is -2.38. The van der Waals surface area contributed by atoms with Crippen molar-refractivity contribution in [2.75, 3.05) is 45.1 Å². The maximum atomic E-state index is 12.3. The molecule has 0 aromatic carbocycles. The number of halogens is 1. The van der Waals surface area contributed by atoms with Crippen molar-refractivity contribution < 1.29 is 9.53 Å². The van der Waals surface area contributed by atoms with Crippen molar-refractivity contribution in [3.8, 4) is 0 Å². The number of carbonyl (C=O) groups excluding carboxylic acids is 1. The van der Waals surface area contributed by atoms with E-state index in [9.17, 15) is 4.79 Å². The van der Waals surface area contributed by atoms with E-state index >= 15 is 0 Å². The summed E-state index contributed by atoms with van der Waals surface area (Å²) in [5, 5.41) is 5.01. The van der Waals surface area contributed by atoms with Gasteiger partial charge in [-0.3, -0.25) is 14.4 Å². The molecule has 1 aromatic rings. The molecule has 2 fully saturated rings. The lowest BCUT2D eigenvalue weighted by Gasteiger charge is -2.28. The first kappa shape index (κ1) is 17.1. The van der Waals surface area contributed by atoms with Crippen molar-refractivity contribution in [3.63, 3.8) is 0 Å². The Bertz CT molecular complexity index is 574. The fourth-order valence-electron chi connectivity index (χ4n) is 3.15. The minimum atomic E-state index is -0.00612. The van der Waals surface area contributed by atoms with Gasteiger partial charge in [-0.05, 0) is 13.3 Å². The van der Waals surface area contributed by atoms with Gasteiger partial charge >= 0.3 is 0 Å². The van der Waals surface area contributed by atoms with Gasteiger partial charge in [-0.2, -0.15) is 5.10 Å². The van der Waals surface area contributed by atoms with Crippen LogP contribution in [0.15, 0.2) is 0 Å². The Labute approximate surface area is 146 Å². The number of amides is 1. The Morgan fingerprint density at radius 1 is 1.35 bits per heavy atom. The van der Waals surface area contributed by atoms with Gasteiger partial charge in [0.15, 0.2) is 0 Å². The second kappa shape index (κ2) is 7.42. The van der Waals surface area contributed by atoms with E-state index in [1.807, 2.05) is 18.9 Å². The van der Waals surface area contributed by atoms with Crippen molar-refractivity contribution in [1.82, 2.24) is 19.6 Å². The van der Waals surface area contributed by atoms with Crippen LogP contribution in [0.2, 0.25) is 5.15 Å². The molecule has 1 aromatic heterocycles. The highest BCUT2D eigenvalue weighted by Crippen LogP contribution is 2.42. The molecule has 0 saturated carbocycles. The Hall–Kier alpha value is -0.760. The van der Waals surface area contributed by atoms with Gasteiger partial charge < -0.3 is 9.64 Å². The number of thioether (sulfide) groups is 1.